The summed E-state index contributed by atoms with van der Waals surface area (Å²) in [5, 5.41) is 21.8. The van der Waals surface area contributed by atoms with Gasteiger partial charge in [0.1, 0.15) is 37.4 Å². The SMILES string of the molecule is CC(=O)OCc1ccc(NC(=O)C(CCCNC(N)=O)NC(=O)[C@@H](NC(=O)CCOCCOCCOCCOCCN(CCOCCOCCOCCOCCC(=O)N[C@H](C(=O)NC(CCCNC(N)=O)C(=O)Nc2ccc(COC(C)=O)cc2)C(C)C)C(=O)CCCC(=O)ON2C(=O)CCC2=O)C(C)C)cc1. The summed E-state index contributed by atoms with van der Waals surface area (Å²) in [4.78, 5) is 181. The summed E-state index contributed by atoms with van der Waals surface area (Å²) in [5.74, 6) is -7.13. The number of hydrogen-bond acceptors (Lipinski definition) is 25. The Morgan fingerprint density at radius 3 is 1.11 bits per heavy atom. The molecule has 2 aromatic rings. The molecule has 0 radical (unpaired) electrons. The first-order chi connectivity index (χ1) is 51.7. The number of ether oxygens (including phenoxy) is 10. The molecule has 0 aromatic heterocycles. The molecule has 0 bridgehead atoms. The number of rotatable bonds is 59. The Morgan fingerprint density at radius 1 is 0.435 bits per heavy atom. The van der Waals surface area contributed by atoms with Gasteiger partial charge in [-0.2, -0.15) is 0 Å². The van der Waals surface area contributed by atoms with E-state index < -0.39 is 101 Å². The van der Waals surface area contributed by atoms with E-state index in [2.05, 4.69) is 42.5 Å². The Bertz CT molecular complexity index is 2940. The first-order valence-electron chi connectivity index (χ1n) is 36.0. The molecule has 4 atom stereocenters. The van der Waals surface area contributed by atoms with E-state index in [1.54, 1.807) is 76.2 Å². The van der Waals surface area contributed by atoms with Crippen molar-refractivity contribution in [1.82, 2.24) is 41.9 Å². The second-order valence-corrected chi connectivity index (χ2v) is 25.2. The van der Waals surface area contributed by atoms with E-state index >= 15 is 0 Å². The fraction of sp³-hybridized carbons (Fsp3) is 0.634. The average molecular weight is 1530 g/mol. The second kappa shape index (κ2) is 55.0. The van der Waals surface area contributed by atoms with Crippen LogP contribution in [0.5, 0.6) is 0 Å². The lowest BCUT2D eigenvalue weighted by molar-refractivity contribution is -0.197. The Hall–Kier alpha value is -9.50. The molecule has 37 heteroatoms. The highest BCUT2D eigenvalue weighted by molar-refractivity contribution is 6.02. The number of primary amides is 2. The van der Waals surface area contributed by atoms with Crippen LogP contribution in [0, 0.1) is 11.8 Å². The number of esters is 2. The number of carbonyl (C=O) groups excluding carboxylic acids is 14. The van der Waals surface area contributed by atoms with Gasteiger partial charge in [0.05, 0.1) is 106 Å². The zero-order valence-electron chi connectivity index (χ0n) is 62.7. The Labute approximate surface area is 628 Å². The molecular weight excluding hydrogens is 1420 g/mol. The monoisotopic (exact) mass is 1530 g/mol. The molecule has 3 rings (SSSR count). The van der Waals surface area contributed by atoms with Crippen molar-refractivity contribution in [3.63, 3.8) is 0 Å². The Morgan fingerprint density at radius 2 is 0.778 bits per heavy atom. The Balaban J connectivity index is 1.31. The first-order valence-corrected chi connectivity index (χ1v) is 36.0. The maximum atomic E-state index is 13.6. The minimum absolute atomic E-state index is 0.0298. The van der Waals surface area contributed by atoms with Crippen molar-refractivity contribution in [1.29, 1.82) is 0 Å². The number of carbonyl (C=O) groups is 14. The van der Waals surface area contributed by atoms with Gasteiger partial charge in [-0.1, -0.05) is 52.0 Å². The quantitative estimate of drug-likeness (QED) is 0.0251. The molecule has 0 aliphatic carbocycles. The number of nitrogens with zero attached hydrogens (tertiary/aromatic N) is 2. The van der Waals surface area contributed by atoms with Gasteiger partial charge in [-0.15, -0.1) is 5.06 Å². The van der Waals surface area contributed by atoms with Crippen LogP contribution in [0.3, 0.4) is 0 Å². The van der Waals surface area contributed by atoms with Gasteiger partial charge in [0.2, 0.25) is 41.4 Å². The second-order valence-electron chi connectivity index (χ2n) is 25.2. The highest BCUT2D eigenvalue weighted by Crippen LogP contribution is 2.17. The lowest BCUT2D eigenvalue weighted by atomic mass is 10.0. The summed E-state index contributed by atoms with van der Waals surface area (Å²) in [5.41, 5.74) is 12.6. The van der Waals surface area contributed by atoms with Crippen LogP contribution < -0.4 is 54.0 Å². The van der Waals surface area contributed by atoms with E-state index in [0.717, 1.165) is 0 Å². The number of nitrogens with two attached hydrogens (primary N) is 2. The van der Waals surface area contributed by atoms with E-state index in [1.165, 1.54) is 18.7 Å². The van der Waals surface area contributed by atoms with Gasteiger partial charge in [-0.3, -0.25) is 52.7 Å². The van der Waals surface area contributed by atoms with E-state index in [4.69, 9.17) is 63.7 Å². The summed E-state index contributed by atoms with van der Waals surface area (Å²) in [6.07, 6.45) is 0.413. The maximum Gasteiger partial charge on any atom is 0.333 e. The van der Waals surface area contributed by atoms with Gasteiger partial charge in [0.15, 0.2) is 0 Å². The molecule has 0 saturated carbocycles. The smallest absolute Gasteiger partial charge is 0.333 e. The van der Waals surface area contributed by atoms with Crippen LogP contribution in [0.4, 0.5) is 21.0 Å². The van der Waals surface area contributed by atoms with Crippen molar-refractivity contribution in [2.45, 2.75) is 150 Å². The van der Waals surface area contributed by atoms with Crippen LogP contribution >= 0.6 is 0 Å². The predicted octanol–water partition coefficient (Wildman–Crippen LogP) is 1.06. The van der Waals surface area contributed by atoms with E-state index in [9.17, 15) is 67.1 Å². The number of imide groups is 1. The molecule has 2 aromatic carbocycles. The van der Waals surface area contributed by atoms with Crippen molar-refractivity contribution in [3.8, 4) is 0 Å². The summed E-state index contributed by atoms with van der Waals surface area (Å²) in [7, 11) is 0. The number of urea groups is 2. The lowest BCUT2D eigenvalue weighted by Crippen LogP contribution is -2.54. The molecule has 0 spiro atoms. The number of hydrogen-bond donors (Lipinski definition) is 10. The van der Waals surface area contributed by atoms with Gasteiger partial charge in [-0.05, 0) is 79.3 Å². The van der Waals surface area contributed by atoms with Gasteiger partial charge in [-0.25, -0.2) is 14.4 Å². The van der Waals surface area contributed by atoms with Crippen LogP contribution in [0.25, 0.3) is 0 Å². The number of benzene rings is 2. The Kier molecular flexibility index (Phi) is 47.2. The lowest BCUT2D eigenvalue weighted by Gasteiger charge is -2.25. The van der Waals surface area contributed by atoms with Gasteiger partial charge in [0.25, 0.3) is 11.8 Å². The standard InChI is InChI=1S/C71H110N12O25/c1-48(2)64(68(94)78-56(10-8-26-74-70(72)96)66(92)76-54-18-14-52(15-19-54)46-106-50(5)84)80-58(86)24-30-98-34-38-102-42-44-104-40-36-100-32-28-82(60(88)12-7-13-63(91)108-83-61(89)22-23-62(83)90)29-33-101-37-41-105-45-43-103-39-35-99-31-25-59(87)81-65(49(3)4)69(95)79-57(11-9-27-75-71(73)97)67(93)77-55-20-16-53(17-21-55)47-107-51(6)85/h14-21,48-49,56-57,64-65H,7-13,22-47H2,1-6H3,(H,76,92)(H,77,93)(H,78,94)(H,79,95)(H,80,86)(H,81,87)(H3,72,74,96)(H3,73,75,97)/t56?,57?,64-,65-/m0/s1. The molecule has 1 saturated heterocycles. The molecule has 604 valence electrons. The highest BCUT2D eigenvalue weighted by Gasteiger charge is 2.34. The molecule has 37 nitrogen and oxygen atoms in total. The number of amides is 13. The summed E-state index contributed by atoms with van der Waals surface area (Å²) in [6, 6.07) is 7.60. The molecule has 13 amide bonds. The molecule has 12 N–H and O–H groups in total. The van der Waals surface area contributed by atoms with Crippen LogP contribution in [-0.2, 0) is 123 Å². The predicted molar refractivity (Wildman–Crippen MR) is 386 cm³/mol. The summed E-state index contributed by atoms with van der Waals surface area (Å²) < 4.78 is 55.0. The van der Waals surface area contributed by atoms with Crippen molar-refractivity contribution >= 4 is 94.5 Å². The first kappa shape index (κ1) is 92.7. The summed E-state index contributed by atoms with van der Waals surface area (Å²) >= 11 is 0. The largest absolute Gasteiger partial charge is 0.461 e. The van der Waals surface area contributed by atoms with Crippen molar-refractivity contribution in [2.24, 2.45) is 23.3 Å². The number of nitrogens with one attached hydrogen (secondary N) is 8. The van der Waals surface area contributed by atoms with Crippen LogP contribution in [-0.4, -0.2) is 249 Å². The average Bonchev–Trinajstić information content (AvgIpc) is 1.87. The molecule has 1 aliphatic heterocycles. The number of anilines is 2. The van der Waals surface area contributed by atoms with Crippen molar-refractivity contribution < 1.29 is 119 Å². The highest BCUT2D eigenvalue weighted by atomic mass is 16.7. The minimum Gasteiger partial charge on any atom is -0.461 e. The van der Waals surface area contributed by atoms with E-state index in [1.807, 2.05) is 0 Å². The topological polar surface area (TPSA) is 495 Å². The fourth-order valence-electron chi connectivity index (χ4n) is 9.77. The van der Waals surface area contributed by atoms with Crippen LogP contribution in [0.1, 0.15) is 123 Å². The number of hydroxylamine groups is 2. The fourth-order valence-corrected chi connectivity index (χ4v) is 9.77. The normalized spacial score (nSPS) is 13.0. The van der Waals surface area contributed by atoms with Crippen molar-refractivity contribution in [3.05, 3.63) is 59.7 Å². The van der Waals surface area contributed by atoms with E-state index in [-0.39, 0.29) is 221 Å². The molecular formula is C71H110N12O25. The van der Waals surface area contributed by atoms with Crippen LogP contribution in [0.2, 0.25) is 0 Å². The minimum atomic E-state index is -1.05. The third kappa shape index (κ3) is 42.7. The van der Waals surface area contributed by atoms with Gasteiger partial charge >= 0.3 is 30.0 Å². The van der Waals surface area contributed by atoms with Crippen LogP contribution in [0.15, 0.2) is 48.5 Å². The maximum absolute atomic E-state index is 13.6. The molecule has 2 unspecified atom stereocenters. The van der Waals surface area contributed by atoms with Gasteiger partial charge < -0.3 is 111 Å². The molecule has 1 aliphatic rings. The molecule has 108 heavy (non-hydrogen) atoms. The third-order valence-corrected chi connectivity index (χ3v) is 15.6. The molecule has 1 heterocycles. The molecule has 1 fully saturated rings. The van der Waals surface area contributed by atoms with E-state index in [0.29, 0.717) is 40.4 Å². The zero-order chi connectivity index (χ0) is 79.4. The summed E-state index contributed by atoms with van der Waals surface area (Å²) in [6.45, 7) is 13.1. The van der Waals surface area contributed by atoms with Crippen molar-refractivity contribution in [2.75, 3.05) is 143 Å². The third-order valence-electron chi connectivity index (χ3n) is 15.6. The zero-order valence-corrected chi connectivity index (χ0v) is 62.7. The van der Waals surface area contributed by atoms with Gasteiger partial charge in [0, 0.05) is 89.9 Å².